The molecule has 1 atom stereocenters. The Bertz CT molecular complexity index is 431. The SMILES string of the molecule is Cn1nnnc1SCCNC(=O)C1CC=CCC1. The average Bonchev–Trinajstić information content (AvgIpc) is 2.81. The van der Waals surface area contributed by atoms with E-state index in [-0.39, 0.29) is 11.8 Å². The molecule has 0 saturated carbocycles. The predicted molar refractivity (Wildman–Crippen MR) is 69.0 cm³/mol. The number of hydrogen-bond acceptors (Lipinski definition) is 5. The summed E-state index contributed by atoms with van der Waals surface area (Å²) in [6.07, 6.45) is 7.07. The summed E-state index contributed by atoms with van der Waals surface area (Å²) in [5, 5.41) is 14.9. The maximum atomic E-state index is 11.8. The van der Waals surface area contributed by atoms with E-state index in [9.17, 15) is 4.79 Å². The van der Waals surface area contributed by atoms with Crippen LogP contribution in [0.15, 0.2) is 17.3 Å². The molecule has 0 spiro atoms. The molecule has 1 aromatic heterocycles. The van der Waals surface area contributed by atoms with Crippen LogP contribution in [0.25, 0.3) is 0 Å². The van der Waals surface area contributed by atoms with Crippen LogP contribution in [-0.2, 0) is 11.8 Å². The smallest absolute Gasteiger partial charge is 0.223 e. The number of hydrogen-bond donors (Lipinski definition) is 1. The second-order valence-electron chi connectivity index (χ2n) is 4.21. The van der Waals surface area contributed by atoms with Gasteiger partial charge in [-0.3, -0.25) is 4.79 Å². The van der Waals surface area contributed by atoms with Crippen LogP contribution in [-0.4, -0.2) is 38.4 Å². The maximum absolute atomic E-state index is 11.8. The number of nitrogens with zero attached hydrogens (tertiary/aromatic N) is 4. The van der Waals surface area contributed by atoms with Gasteiger partial charge in [-0.25, -0.2) is 4.68 Å². The van der Waals surface area contributed by atoms with E-state index in [1.165, 1.54) is 0 Å². The van der Waals surface area contributed by atoms with Crippen molar-refractivity contribution in [2.24, 2.45) is 13.0 Å². The zero-order valence-electron chi connectivity index (χ0n) is 10.4. The van der Waals surface area contributed by atoms with Crippen LogP contribution in [0.1, 0.15) is 19.3 Å². The van der Waals surface area contributed by atoms with Crippen molar-refractivity contribution in [3.63, 3.8) is 0 Å². The summed E-state index contributed by atoms with van der Waals surface area (Å²) in [5.74, 6) is 1.09. The van der Waals surface area contributed by atoms with E-state index in [1.807, 2.05) is 0 Å². The van der Waals surface area contributed by atoms with Crippen molar-refractivity contribution in [1.29, 1.82) is 0 Å². The Labute approximate surface area is 110 Å². The van der Waals surface area contributed by atoms with E-state index in [0.29, 0.717) is 6.54 Å². The Morgan fingerprint density at radius 1 is 1.61 bits per heavy atom. The molecule has 6 nitrogen and oxygen atoms in total. The molecule has 0 radical (unpaired) electrons. The topological polar surface area (TPSA) is 72.7 Å². The fraction of sp³-hybridized carbons (Fsp3) is 0.636. The normalized spacial score (nSPS) is 18.8. The molecular formula is C11H17N5OS. The zero-order chi connectivity index (χ0) is 12.8. The van der Waals surface area contributed by atoms with Crippen LogP contribution in [0.2, 0.25) is 0 Å². The summed E-state index contributed by atoms with van der Waals surface area (Å²) < 4.78 is 1.62. The van der Waals surface area contributed by atoms with E-state index >= 15 is 0 Å². The van der Waals surface area contributed by atoms with E-state index in [0.717, 1.165) is 30.2 Å². The molecule has 1 N–H and O–H groups in total. The van der Waals surface area contributed by atoms with Crippen molar-refractivity contribution >= 4 is 17.7 Å². The molecule has 0 saturated heterocycles. The highest BCUT2D eigenvalue weighted by molar-refractivity contribution is 7.99. The standard InChI is InChI=1S/C11H17N5OS/c1-16-11(13-14-15-16)18-8-7-12-10(17)9-5-3-2-4-6-9/h2-3,9H,4-8H2,1H3,(H,12,17). The highest BCUT2D eigenvalue weighted by Gasteiger charge is 2.17. The number of carbonyl (C=O) groups is 1. The zero-order valence-corrected chi connectivity index (χ0v) is 11.2. The van der Waals surface area contributed by atoms with Gasteiger partial charge in [0.15, 0.2) is 0 Å². The summed E-state index contributed by atoms with van der Waals surface area (Å²) in [6, 6.07) is 0. The molecule has 18 heavy (non-hydrogen) atoms. The van der Waals surface area contributed by atoms with E-state index in [1.54, 1.807) is 23.5 Å². The van der Waals surface area contributed by atoms with Crippen LogP contribution < -0.4 is 5.32 Å². The number of carbonyl (C=O) groups excluding carboxylic acids is 1. The third-order valence-corrected chi connectivity index (χ3v) is 3.87. The quantitative estimate of drug-likeness (QED) is 0.485. The number of aromatic nitrogens is 4. The first-order valence-electron chi connectivity index (χ1n) is 6.05. The van der Waals surface area contributed by atoms with Gasteiger partial charge >= 0.3 is 0 Å². The van der Waals surface area contributed by atoms with Gasteiger partial charge in [-0.15, -0.1) is 5.10 Å². The molecule has 0 aromatic carbocycles. The Hall–Kier alpha value is -1.37. The summed E-state index contributed by atoms with van der Waals surface area (Å²) >= 11 is 1.54. The summed E-state index contributed by atoms with van der Waals surface area (Å²) in [5.41, 5.74) is 0. The van der Waals surface area contributed by atoms with Gasteiger partial charge in [-0.1, -0.05) is 23.9 Å². The Morgan fingerprint density at radius 3 is 3.17 bits per heavy atom. The fourth-order valence-corrected chi connectivity index (χ4v) is 2.54. The van der Waals surface area contributed by atoms with Crippen LogP contribution in [0.5, 0.6) is 0 Å². The Balaban J connectivity index is 1.65. The number of amides is 1. The van der Waals surface area contributed by atoms with Crippen LogP contribution in [0, 0.1) is 5.92 Å². The molecule has 98 valence electrons. The number of rotatable bonds is 5. The highest BCUT2D eigenvalue weighted by Crippen LogP contribution is 2.18. The summed E-state index contributed by atoms with van der Waals surface area (Å²) in [7, 11) is 1.80. The third kappa shape index (κ3) is 3.56. The van der Waals surface area contributed by atoms with Gasteiger partial charge in [0.25, 0.3) is 0 Å². The van der Waals surface area contributed by atoms with Crippen LogP contribution in [0.3, 0.4) is 0 Å². The second-order valence-corrected chi connectivity index (χ2v) is 5.27. The number of nitrogens with one attached hydrogen (secondary N) is 1. The maximum Gasteiger partial charge on any atom is 0.223 e. The van der Waals surface area contributed by atoms with Crippen molar-refractivity contribution < 1.29 is 4.79 Å². The highest BCUT2D eigenvalue weighted by atomic mass is 32.2. The van der Waals surface area contributed by atoms with E-state index in [4.69, 9.17) is 0 Å². The van der Waals surface area contributed by atoms with Crippen LogP contribution in [0.4, 0.5) is 0 Å². The second kappa shape index (κ2) is 6.53. The molecule has 1 aliphatic carbocycles. The molecule has 1 amide bonds. The van der Waals surface area contributed by atoms with Crippen molar-refractivity contribution in [1.82, 2.24) is 25.5 Å². The lowest BCUT2D eigenvalue weighted by Crippen LogP contribution is -2.32. The van der Waals surface area contributed by atoms with Gasteiger partial charge in [-0.05, 0) is 29.7 Å². The molecule has 0 bridgehead atoms. The first-order valence-corrected chi connectivity index (χ1v) is 7.04. The van der Waals surface area contributed by atoms with Gasteiger partial charge in [0.05, 0.1) is 0 Å². The average molecular weight is 267 g/mol. The fourth-order valence-electron chi connectivity index (χ4n) is 1.84. The molecule has 0 fully saturated rings. The summed E-state index contributed by atoms with van der Waals surface area (Å²) in [4.78, 5) is 11.8. The van der Waals surface area contributed by atoms with Gasteiger partial charge in [-0.2, -0.15) is 0 Å². The van der Waals surface area contributed by atoms with Gasteiger partial charge in [0.2, 0.25) is 11.1 Å². The molecule has 1 unspecified atom stereocenters. The first kappa shape index (κ1) is 13.1. The number of thioether (sulfide) groups is 1. The third-order valence-electron chi connectivity index (χ3n) is 2.85. The lowest BCUT2D eigenvalue weighted by atomic mass is 9.94. The first-order chi connectivity index (χ1) is 8.77. The van der Waals surface area contributed by atoms with Gasteiger partial charge in [0.1, 0.15) is 0 Å². The van der Waals surface area contributed by atoms with Crippen molar-refractivity contribution in [2.45, 2.75) is 24.4 Å². The summed E-state index contributed by atoms with van der Waals surface area (Å²) in [6.45, 7) is 0.649. The van der Waals surface area contributed by atoms with Crippen LogP contribution >= 0.6 is 11.8 Å². The number of tetrazole rings is 1. The Morgan fingerprint density at radius 2 is 2.50 bits per heavy atom. The van der Waals surface area contributed by atoms with E-state index < -0.39 is 0 Å². The van der Waals surface area contributed by atoms with Gasteiger partial charge in [0, 0.05) is 25.3 Å². The largest absolute Gasteiger partial charge is 0.355 e. The molecule has 2 rings (SSSR count). The molecular weight excluding hydrogens is 250 g/mol. The molecule has 7 heteroatoms. The molecule has 1 heterocycles. The van der Waals surface area contributed by atoms with E-state index in [2.05, 4.69) is 33.0 Å². The predicted octanol–water partition coefficient (Wildman–Crippen LogP) is 0.775. The minimum absolute atomic E-state index is 0.150. The lowest BCUT2D eigenvalue weighted by molar-refractivity contribution is -0.125. The van der Waals surface area contributed by atoms with Crippen molar-refractivity contribution in [2.75, 3.05) is 12.3 Å². The van der Waals surface area contributed by atoms with Crippen molar-refractivity contribution in [3.05, 3.63) is 12.2 Å². The number of aryl methyl sites for hydroxylation is 1. The minimum atomic E-state index is 0.150. The Kier molecular flexibility index (Phi) is 4.74. The molecule has 1 aromatic rings. The monoisotopic (exact) mass is 267 g/mol. The van der Waals surface area contributed by atoms with Crippen molar-refractivity contribution in [3.8, 4) is 0 Å². The number of allylic oxidation sites excluding steroid dienone is 2. The molecule has 1 aliphatic rings. The minimum Gasteiger partial charge on any atom is -0.355 e. The lowest BCUT2D eigenvalue weighted by Gasteiger charge is -2.16. The van der Waals surface area contributed by atoms with Gasteiger partial charge < -0.3 is 5.32 Å². The molecule has 0 aliphatic heterocycles.